The van der Waals surface area contributed by atoms with E-state index < -0.39 is 5.85 Å². The summed E-state index contributed by atoms with van der Waals surface area (Å²) in [6.07, 6.45) is 0.285. The van der Waals surface area contributed by atoms with Crippen molar-refractivity contribution in [3.63, 3.8) is 0 Å². The molecule has 0 fully saturated rings. The van der Waals surface area contributed by atoms with Gasteiger partial charge in [0, 0.05) is 6.42 Å². The Hall–Kier alpha value is -0.160. The van der Waals surface area contributed by atoms with Gasteiger partial charge in [-0.15, -0.1) is 0 Å². The van der Waals surface area contributed by atoms with Gasteiger partial charge in [0.1, 0.15) is 0 Å². The molecular formula is C5H13N2O2. The normalized spacial score (nSPS) is 12.0. The summed E-state index contributed by atoms with van der Waals surface area (Å²) in [6.45, 7) is 3.54. The lowest BCUT2D eigenvalue weighted by atomic mass is 10.3. The van der Waals surface area contributed by atoms with Gasteiger partial charge < -0.3 is 9.84 Å². The molecule has 0 atom stereocenters. The maximum absolute atomic E-state index is 8.27. The van der Waals surface area contributed by atoms with E-state index in [-0.39, 0.29) is 19.6 Å². The highest BCUT2D eigenvalue weighted by Gasteiger charge is 2.14. The van der Waals surface area contributed by atoms with Crippen molar-refractivity contribution in [1.82, 2.24) is 0 Å². The first-order valence-corrected chi connectivity index (χ1v) is 2.74. The molecule has 0 aliphatic rings. The van der Waals surface area contributed by atoms with Gasteiger partial charge >= 0.3 is 0 Å². The molecule has 4 heteroatoms. The van der Waals surface area contributed by atoms with Crippen LogP contribution in [0.1, 0.15) is 6.42 Å². The second-order valence-corrected chi connectivity index (χ2v) is 1.78. The lowest BCUT2D eigenvalue weighted by Crippen LogP contribution is -2.51. The van der Waals surface area contributed by atoms with E-state index >= 15 is 0 Å². The van der Waals surface area contributed by atoms with Crippen LogP contribution in [0, 0.1) is 6.92 Å². The van der Waals surface area contributed by atoms with Gasteiger partial charge in [0.25, 0.3) is 0 Å². The molecule has 0 unspecified atom stereocenters. The lowest BCUT2D eigenvalue weighted by molar-refractivity contribution is -0.0486. The number of nitrogens with two attached hydrogens (primary N) is 2. The number of rotatable bonds is 4. The zero-order chi connectivity index (χ0) is 7.33. The maximum Gasteiger partial charge on any atom is 0.169 e. The molecule has 0 aliphatic heterocycles. The average Bonchev–Trinajstić information content (AvgIpc) is 1.84. The van der Waals surface area contributed by atoms with Crippen LogP contribution in [-0.2, 0) is 4.74 Å². The van der Waals surface area contributed by atoms with Crippen LogP contribution in [0.4, 0.5) is 0 Å². The van der Waals surface area contributed by atoms with Crippen LogP contribution >= 0.6 is 0 Å². The Morgan fingerprint density at radius 1 is 1.56 bits per heavy atom. The van der Waals surface area contributed by atoms with Crippen molar-refractivity contribution in [2.75, 3.05) is 13.2 Å². The fourth-order valence-corrected chi connectivity index (χ4v) is 0.308. The Kier molecular flexibility index (Phi) is 3.72. The van der Waals surface area contributed by atoms with Crippen molar-refractivity contribution in [2.24, 2.45) is 11.5 Å². The van der Waals surface area contributed by atoms with Crippen molar-refractivity contribution >= 4 is 0 Å². The Labute approximate surface area is 54.8 Å². The summed E-state index contributed by atoms with van der Waals surface area (Å²) in [5.74, 6) is -1.18. The van der Waals surface area contributed by atoms with Crippen LogP contribution in [0.25, 0.3) is 0 Å². The Balaban J connectivity index is 3.33. The van der Waals surface area contributed by atoms with Crippen molar-refractivity contribution in [3.05, 3.63) is 6.92 Å². The van der Waals surface area contributed by atoms with E-state index in [2.05, 4.69) is 6.92 Å². The summed E-state index contributed by atoms with van der Waals surface area (Å²) >= 11 is 0. The Bertz CT molecular complexity index is 75.4. The molecule has 0 spiro atoms. The van der Waals surface area contributed by atoms with Gasteiger partial charge in [-0.05, 0) is 6.92 Å². The minimum Gasteiger partial charge on any atom is -0.394 e. The van der Waals surface area contributed by atoms with E-state index in [1.807, 2.05) is 0 Å². The van der Waals surface area contributed by atoms with Gasteiger partial charge in [0.2, 0.25) is 0 Å². The highest BCUT2D eigenvalue weighted by atomic mass is 16.5. The predicted molar refractivity (Wildman–Crippen MR) is 34.1 cm³/mol. The molecule has 5 N–H and O–H groups in total. The van der Waals surface area contributed by atoms with Gasteiger partial charge in [-0.3, -0.25) is 11.5 Å². The molecule has 0 aliphatic carbocycles. The van der Waals surface area contributed by atoms with Crippen LogP contribution in [0.3, 0.4) is 0 Å². The molecule has 0 aromatic carbocycles. The molecular weight excluding hydrogens is 120 g/mol. The zero-order valence-electron chi connectivity index (χ0n) is 5.34. The molecule has 1 radical (unpaired) electrons. The molecule has 0 rings (SSSR count). The zero-order valence-corrected chi connectivity index (χ0v) is 5.34. The van der Waals surface area contributed by atoms with Crippen molar-refractivity contribution < 1.29 is 9.84 Å². The molecule has 9 heavy (non-hydrogen) atoms. The predicted octanol–water partition coefficient (Wildman–Crippen LogP) is -1.21. The number of hydrogen-bond acceptors (Lipinski definition) is 4. The van der Waals surface area contributed by atoms with Gasteiger partial charge in [0.05, 0.1) is 13.2 Å². The van der Waals surface area contributed by atoms with Crippen LogP contribution < -0.4 is 11.5 Å². The molecule has 0 heterocycles. The Morgan fingerprint density at radius 3 is 2.44 bits per heavy atom. The van der Waals surface area contributed by atoms with Crippen LogP contribution in [0.5, 0.6) is 0 Å². The van der Waals surface area contributed by atoms with Gasteiger partial charge in [-0.1, -0.05) is 0 Å². The van der Waals surface area contributed by atoms with E-state index in [0.29, 0.717) is 0 Å². The molecule has 0 saturated heterocycles. The van der Waals surface area contributed by atoms with E-state index in [9.17, 15) is 0 Å². The van der Waals surface area contributed by atoms with Gasteiger partial charge in [0.15, 0.2) is 5.85 Å². The SMILES string of the molecule is [CH2]CC(N)(N)OCCO. The maximum atomic E-state index is 8.27. The van der Waals surface area contributed by atoms with Crippen LogP contribution in [0.2, 0.25) is 0 Å². The van der Waals surface area contributed by atoms with E-state index in [1.54, 1.807) is 0 Å². The third-order valence-corrected chi connectivity index (χ3v) is 0.853. The molecule has 4 nitrogen and oxygen atoms in total. The number of ether oxygens (including phenoxy) is 1. The summed E-state index contributed by atoms with van der Waals surface area (Å²) < 4.78 is 4.77. The second kappa shape index (κ2) is 3.79. The monoisotopic (exact) mass is 133 g/mol. The molecule has 0 aromatic rings. The molecule has 0 amide bonds. The van der Waals surface area contributed by atoms with Crippen molar-refractivity contribution in [2.45, 2.75) is 12.3 Å². The Morgan fingerprint density at radius 2 is 2.11 bits per heavy atom. The fraction of sp³-hybridized carbons (Fsp3) is 0.800. The van der Waals surface area contributed by atoms with E-state index in [0.717, 1.165) is 0 Å². The summed E-state index contributed by atoms with van der Waals surface area (Å²) in [6, 6.07) is 0. The number of hydrogen-bond donors (Lipinski definition) is 3. The summed E-state index contributed by atoms with van der Waals surface area (Å²) in [4.78, 5) is 0. The standard InChI is InChI=1S/C5H13N2O2/c1-2-5(6,7)9-4-3-8/h8H,1-4,6-7H2. The summed E-state index contributed by atoms with van der Waals surface area (Å²) in [5.41, 5.74) is 10.6. The first-order chi connectivity index (χ1) is 4.12. The minimum absolute atomic E-state index is 0.0733. The lowest BCUT2D eigenvalue weighted by Gasteiger charge is -2.21. The van der Waals surface area contributed by atoms with Gasteiger partial charge in [-0.25, -0.2) is 0 Å². The van der Waals surface area contributed by atoms with Crippen molar-refractivity contribution in [1.29, 1.82) is 0 Å². The summed E-state index contributed by atoms with van der Waals surface area (Å²) in [5, 5.41) is 8.27. The number of aliphatic hydroxyl groups is 1. The highest BCUT2D eigenvalue weighted by molar-refractivity contribution is 4.64. The largest absolute Gasteiger partial charge is 0.394 e. The smallest absolute Gasteiger partial charge is 0.169 e. The highest BCUT2D eigenvalue weighted by Crippen LogP contribution is 1.96. The molecule has 0 bridgehead atoms. The van der Waals surface area contributed by atoms with E-state index in [4.69, 9.17) is 21.3 Å². The second-order valence-electron chi connectivity index (χ2n) is 1.78. The third-order valence-electron chi connectivity index (χ3n) is 0.853. The van der Waals surface area contributed by atoms with Crippen molar-refractivity contribution in [3.8, 4) is 0 Å². The quantitative estimate of drug-likeness (QED) is 0.420. The molecule has 55 valence electrons. The minimum atomic E-state index is -1.18. The molecule has 0 aromatic heterocycles. The molecule has 0 saturated carbocycles. The first-order valence-electron chi connectivity index (χ1n) is 2.74. The van der Waals surface area contributed by atoms with E-state index in [1.165, 1.54) is 0 Å². The summed E-state index contributed by atoms with van der Waals surface area (Å²) in [7, 11) is 0. The third kappa shape index (κ3) is 4.35. The van der Waals surface area contributed by atoms with Crippen LogP contribution in [-0.4, -0.2) is 24.2 Å². The van der Waals surface area contributed by atoms with Gasteiger partial charge in [-0.2, -0.15) is 0 Å². The number of aliphatic hydroxyl groups excluding tert-OH is 1. The average molecular weight is 133 g/mol. The van der Waals surface area contributed by atoms with Crippen LogP contribution in [0.15, 0.2) is 0 Å². The topological polar surface area (TPSA) is 81.5 Å². The first kappa shape index (κ1) is 8.84. The fourth-order valence-electron chi connectivity index (χ4n) is 0.308.